The molecule has 0 radical (unpaired) electrons. The molecule has 1 aromatic carbocycles. The SMILES string of the molecule is Cc1ccc(NC(=O)N2CCCC[C@@H]2C(C)C)cc1S(C)(=O)=O. The van der Waals surface area contributed by atoms with Gasteiger partial charge >= 0.3 is 6.03 Å². The van der Waals surface area contributed by atoms with E-state index in [-0.39, 0.29) is 17.0 Å². The fraction of sp³-hybridized carbons (Fsp3) is 0.588. The van der Waals surface area contributed by atoms with Crippen molar-refractivity contribution in [2.75, 3.05) is 18.1 Å². The lowest BCUT2D eigenvalue weighted by Crippen LogP contribution is -2.48. The van der Waals surface area contributed by atoms with Crippen molar-refractivity contribution in [1.29, 1.82) is 0 Å². The molecule has 128 valence electrons. The molecule has 5 nitrogen and oxygen atoms in total. The summed E-state index contributed by atoms with van der Waals surface area (Å²) >= 11 is 0. The lowest BCUT2D eigenvalue weighted by atomic mass is 9.93. The average molecular weight is 338 g/mol. The predicted molar refractivity (Wildman–Crippen MR) is 92.5 cm³/mol. The fourth-order valence-corrected chi connectivity index (χ4v) is 4.17. The van der Waals surface area contributed by atoms with Crippen molar-refractivity contribution in [3.05, 3.63) is 23.8 Å². The van der Waals surface area contributed by atoms with E-state index in [2.05, 4.69) is 19.2 Å². The van der Waals surface area contributed by atoms with E-state index in [1.165, 1.54) is 12.3 Å². The minimum absolute atomic E-state index is 0.147. The van der Waals surface area contributed by atoms with Crippen LogP contribution in [0.5, 0.6) is 0 Å². The van der Waals surface area contributed by atoms with Gasteiger partial charge in [0, 0.05) is 24.5 Å². The third-order valence-electron chi connectivity index (χ3n) is 4.42. The number of hydrogen-bond acceptors (Lipinski definition) is 3. The second kappa shape index (κ2) is 6.91. The Morgan fingerprint density at radius 1 is 1.30 bits per heavy atom. The number of sulfone groups is 1. The Bertz CT molecular complexity index is 683. The smallest absolute Gasteiger partial charge is 0.321 e. The van der Waals surface area contributed by atoms with Gasteiger partial charge in [-0.2, -0.15) is 0 Å². The van der Waals surface area contributed by atoms with E-state index >= 15 is 0 Å². The second-order valence-corrected chi connectivity index (χ2v) is 8.67. The Balaban J connectivity index is 2.20. The van der Waals surface area contributed by atoms with Crippen LogP contribution in [-0.4, -0.2) is 38.2 Å². The summed E-state index contributed by atoms with van der Waals surface area (Å²) in [5.74, 6) is 0.408. The number of piperidine rings is 1. The van der Waals surface area contributed by atoms with Gasteiger partial charge in [-0.1, -0.05) is 19.9 Å². The summed E-state index contributed by atoms with van der Waals surface area (Å²) in [5.41, 5.74) is 1.21. The summed E-state index contributed by atoms with van der Waals surface area (Å²) < 4.78 is 23.6. The van der Waals surface area contributed by atoms with Gasteiger partial charge in [0.05, 0.1) is 4.90 Å². The topological polar surface area (TPSA) is 66.5 Å². The molecule has 2 rings (SSSR count). The Labute approximate surface area is 139 Å². The number of nitrogens with zero attached hydrogens (tertiary/aromatic N) is 1. The molecule has 1 saturated heterocycles. The van der Waals surface area contributed by atoms with E-state index in [0.717, 1.165) is 25.8 Å². The van der Waals surface area contributed by atoms with Crippen LogP contribution in [0.1, 0.15) is 38.7 Å². The van der Waals surface area contributed by atoms with Crippen molar-refractivity contribution in [2.45, 2.75) is 51.0 Å². The number of benzene rings is 1. The Kier molecular flexibility index (Phi) is 5.34. The first kappa shape index (κ1) is 17.8. The molecule has 1 aliphatic heterocycles. The number of nitrogens with one attached hydrogen (secondary N) is 1. The van der Waals surface area contributed by atoms with Gasteiger partial charge in [0.25, 0.3) is 0 Å². The normalized spacial score (nSPS) is 19.0. The number of carbonyl (C=O) groups is 1. The van der Waals surface area contributed by atoms with Crippen LogP contribution >= 0.6 is 0 Å². The highest BCUT2D eigenvalue weighted by atomic mass is 32.2. The summed E-state index contributed by atoms with van der Waals surface area (Å²) in [4.78, 5) is 14.7. The molecule has 1 fully saturated rings. The Morgan fingerprint density at radius 3 is 2.61 bits per heavy atom. The molecule has 23 heavy (non-hydrogen) atoms. The molecule has 1 heterocycles. The highest BCUT2D eigenvalue weighted by Gasteiger charge is 2.29. The van der Waals surface area contributed by atoms with Crippen molar-refractivity contribution in [2.24, 2.45) is 5.92 Å². The summed E-state index contributed by atoms with van der Waals surface area (Å²) in [7, 11) is -3.31. The lowest BCUT2D eigenvalue weighted by Gasteiger charge is -2.38. The quantitative estimate of drug-likeness (QED) is 0.918. The van der Waals surface area contributed by atoms with Gasteiger partial charge in [0.15, 0.2) is 9.84 Å². The van der Waals surface area contributed by atoms with Crippen LogP contribution in [0.4, 0.5) is 10.5 Å². The molecule has 0 aliphatic carbocycles. The fourth-order valence-electron chi connectivity index (χ4n) is 3.18. The van der Waals surface area contributed by atoms with Gasteiger partial charge in [0.1, 0.15) is 0 Å². The largest absolute Gasteiger partial charge is 0.322 e. The number of hydrogen-bond donors (Lipinski definition) is 1. The molecule has 0 saturated carbocycles. The van der Waals surface area contributed by atoms with E-state index in [1.54, 1.807) is 19.1 Å². The first-order valence-corrected chi connectivity index (χ1v) is 9.97. The molecule has 1 aromatic rings. The highest BCUT2D eigenvalue weighted by molar-refractivity contribution is 7.90. The van der Waals surface area contributed by atoms with Crippen LogP contribution in [0, 0.1) is 12.8 Å². The number of aryl methyl sites for hydroxylation is 1. The lowest BCUT2D eigenvalue weighted by molar-refractivity contribution is 0.138. The van der Waals surface area contributed by atoms with Crippen LogP contribution in [-0.2, 0) is 9.84 Å². The standard InChI is InChI=1S/C17H26N2O3S/c1-12(2)15-7-5-6-10-19(15)17(20)18-14-9-8-13(3)16(11-14)23(4,21)22/h8-9,11-12,15H,5-7,10H2,1-4H3,(H,18,20)/t15-/m1/s1. The molecule has 0 bridgehead atoms. The van der Waals surface area contributed by atoms with Crippen LogP contribution in [0.2, 0.25) is 0 Å². The first-order valence-electron chi connectivity index (χ1n) is 8.08. The van der Waals surface area contributed by atoms with E-state index in [9.17, 15) is 13.2 Å². The minimum Gasteiger partial charge on any atom is -0.321 e. The average Bonchev–Trinajstić information content (AvgIpc) is 2.48. The number of carbonyl (C=O) groups excluding carboxylic acids is 1. The van der Waals surface area contributed by atoms with Crippen molar-refractivity contribution >= 4 is 21.6 Å². The van der Waals surface area contributed by atoms with Crippen molar-refractivity contribution in [3.63, 3.8) is 0 Å². The monoisotopic (exact) mass is 338 g/mol. The molecule has 0 spiro atoms. The molecule has 1 N–H and O–H groups in total. The van der Waals surface area contributed by atoms with Gasteiger partial charge in [-0.25, -0.2) is 13.2 Å². The maximum Gasteiger partial charge on any atom is 0.322 e. The summed E-state index contributed by atoms with van der Waals surface area (Å²) in [6.45, 7) is 6.76. The zero-order chi connectivity index (χ0) is 17.2. The number of urea groups is 1. The van der Waals surface area contributed by atoms with E-state index < -0.39 is 9.84 Å². The van der Waals surface area contributed by atoms with Gasteiger partial charge in [0.2, 0.25) is 0 Å². The summed E-state index contributed by atoms with van der Waals surface area (Å²) in [5, 5.41) is 2.86. The number of amides is 2. The third kappa shape index (κ3) is 4.25. The molecule has 0 unspecified atom stereocenters. The third-order valence-corrected chi connectivity index (χ3v) is 5.66. The Hall–Kier alpha value is -1.56. The zero-order valence-corrected chi connectivity index (χ0v) is 15.1. The molecular weight excluding hydrogens is 312 g/mol. The number of rotatable bonds is 3. The first-order chi connectivity index (χ1) is 10.7. The second-order valence-electron chi connectivity index (χ2n) is 6.68. The van der Waals surface area contributed by atoms with Gasteiger partial charge in [-0.05, 0) is 49.8 Å². The van der Waals surface area contributed by atoms with Crippen molar-refractivity contribution in [3.8, 4) is 0 Å². The number of anilines is 1. The van der Waals surface area contributed by atoms with E-state index in [0.29, 0.717) is 17.2 Å². The highest BCUT2D eigenvalue weighted by Crippen LogP contribution is 2.25. The Morgan fingerprint density at radius 2 is 2.00 bits per heavy atom. The maximum atomic E-state index is 12.6. The van der Waals surface area contributed by atoms with Crippen molar-refractivity contribution < 1.29 is 13.2 Å². The predicted octanol–water partition coefficient (Wildman–Crippen LogP) is 3.44. The van der Waals surface area contributed by atoms with E-state index in [4.69, 9.17) is 0 Å². The molecular formula is C17H26N2O3S. The van der Waals surface area contributed by atoms with Gasteiger partial charge in [-0.3, -0.25) is 0 Å². The zero-order valence-electron chi connectivity index (χ0n) is 14.3. The molecule has 1 aliphatic rings. The van der Waals surface area contributed by atoms with Crippen LogP contribution in [0.25, 0.3) is 0 Å². The van der Waals surface area contributed by atoms with Crippen LogP contribution in [0.15, 0.2) is 23.1 Å². The molecule has 2 amide bonds. The molecule has 6 heteroatoms. The van der Waals surface area contributed by atoms with Gasteiger partial charge < -0.3 is 10.2 Å². The van der Waals surface area contributed by atoms with Crippen LogP contribution < -0.4 is 5.32 Å². The summed E-state index contributed by atoms with van der Waals surface area (Å²) in [6, 6.07) is 5.10. The van der Waals surface area contributed by atoms with E-state index in [1.807, 2.05) is 4.90 Å². The minimum atomic E-state index is -3.31. The number of likely N-dealkylation sites (tertiary alicyclic amines) is 1. The summed E-state index contributed by atoms with van der Waals surface area (Å²) in [6.07, 6.45) is 4.36. The van der Waals surface area contributed by atoms with Crippen molar-refractivity contribution in [1.82, 2.24) is 4.90 Å². The maximum absolute atomic E-state index is 12.6. The van der Waals surface area contributed by atoms with Crippen LogP contribution in [0.3, 0.4) is 0 Å². The molecule has 1 atom stereocenters. The van der Waals surface area contributed by atoms with Gasteiger partial charge in [-0.15, -0.1) is 0 Å². The molecule has 0 aromatic heterocycles.